The fourth-order valence-electron chi connectivity index (χ4n) is 5.41. The summed E-state index contributed by atoms with van der Waals surface area (Å²) >= 11 is 7.92. The van der Waals surface area contributed by atoms with Crippen molar-refractivity contribution in [3.05, 3.63) is 116 Å². The van der Waals surface area contributed by atoms with Crippen LogP contribution >= 0.6 is 23.4 Å². The van der Waals surface area contributed by atoms with Crippen molar-refractivity contribution in [2.45, 2.75) is 49.7 Å². The molecule has 0 bridgehead atoms. The summed E-state index contributed by atoms with van der Waals surface area (Å²) in [6.45, 7) is 4.06. The van der Waals surface area contributed by atoms with E-state index in [4.69, 9.17) is 17.3 Å². The molecule has 1 aliphatic carbocycles. The zero-order valence-corrected chi connectivity index (χ0v) is 22.8. The molecule has 0 fully saturated rings. The van der Waals surface area contributed by atoms with E-state index in [0.717, 1.165) is 45.0 Å². The summed E-state index contributed by atoms with van der Waals surface area (Å²) in [5.41, 5.74) is 13.4. The number of hydrogen-bond acceptors (Lipinski definition) is 5. The number of hydrogen-bond donors (Lipinski definition) is 1. The van der Waals surface area contributed by atoms with Crippen molar-refractivity contribution in [3.8, 4) is 6.07 Å². The minimum atomic E-state index is -0.535. The summed E-state index contributed by atoms with van der Waals surface area (Å²) in [5, 5.41) is 10.9. The average molecular weight is 544 g/mol. The smallest absolute Gasteiger partial charge is 0.161 e. The van der Waals surface area contributed by atoms with Crippen LogP contribution in [0.3, 0.4) is 0 Å². The lowest BCUT2D eigenvalue weighted by atomic mass is 9.73. The maximum absolute atomic E-state index is 13.5. The Morgan fingerprint density at radius 1 is 1.13 bits per heavy atom. The van der Waals surface area contributed by atoms with Gasteiger partial charge in [-0.25, -0.2) is 4.39 Å². The molecule has 2 aliphatic rings. The van der Waals surface area contributed by atoms with Crippen molar-refractivity contribution in [3.63, 3.8) is 0 Å². The summed E-state index contributed by atoms with van der Waals surface area (Å²) in [7, 11) is 0. The second kappa shape index (κ2) is 10.7. The first kappa shape index (κ1) is 26.1. The number of carbonyl (C=O) groups excluding carboxylic acids is 1. The minimum absolute atomic E-state index is 0.0478. The monoisotopic (exact) mass is 543 g/mol. The van der Waals surface area contributed by atoms with Crippen molar-refractivity contribution < 1.29 is 9.18 Å². The molecule has 2 N–H and O–H groups in total. The van der Waals surface area contributed by atoms with E-state index in [1.807, 2.05) is 30.9 Å². The van der Waals surface area contributed by atoms with Gasteiger partial charge < -0.3 is 5.73 Å². The van der Waals surface area contributed by atoms with Gasteiger partial charge in [0.05, 0.1) is 17.6 Å². The molecule has 1 aliphatic heterocycles. The van der Waals surface area contributed by atoms with Crippen LogP contribution in [0.4, 0.5) is 10.1 Å². The molecule has 3 aromatic rings. The highest BCUT2D eigenvalue weighted by molar-refractivity contribution is 7.98. The summed E-state index contributed by atoms with van der Waals surface area (Å²) in [4.78, 5) is 16.3. The molecule has 0 spiro atoms. The minimum Gasteiger partial charge on any atom is -0.384 e. The number of ketones is 1. The Morgan fingerprint density at radius 3 is 2.61 bits per heavy atom. The third kappa shape index (κ3) is 4.84. The van der Waals surface area contributed by atoms with Crippen LogP contribution in [0.2, 0.25) is 5.02 Å². The number of rotatable bonds is 5. The van der Waals surface area contributed by atoms with Gasteiger partial charge in [-0.2, -0.15) is 5.26 Å². The van der Waals surface area contributed by atoms with Crippen molar-refractivity contribution in [1.82, 2.24) is 0 Å². The molecule has 38 heavy (non-hydrogen) atoms. The number of halogens is 2. The Morgan fingerprint density at radius 2 is 1.89 bits per heavy atom. The van der Waals surface area contributed by atoms with Gasteiger partial charge in [0.15, 0.2) is 5.78 Å². The number of nitrogens with two attached hydrogens (primary N) is 1. The van der Waals surface area contributed by atoms with Gasteiger partial charge in [0, 0.05) is 39.0 Å². The Bertz CT molecular complexity index is 1540. The van der Waals surface area contributed by atoms with Gasteiger partial charge in [0.2, 0.25) is 0 Å². The number of nitriles is 1. The van der Waals surface area contributed by atoms with Crippen LogP contribution in [-0.2, 0) is 10.5 Å². The SMILES string of the molecule is Cc1cc(CSc2ccc(F)cc2)c(C)c(C2C(C#N)=C(N)N(c3cccc(Cl)c3)C3=C2C(=O)CCC3)c1. The van der Waals surface area contributed by atoms with E-state index >= 15 is 0 Å². The predicted molar refractivity (Wildman–Crippen MR) is 151 cm³/mol. The van der Waals surface area contributed by atoms with Gasteiger partial charge in [-0.3, -0.25) is 9.69 Å². The zero-order valence-electron chi connectivity index (χ0n) is 21.2. The molecule has 0 saturated heterocycles. The summed E-state index contributed by atoms with van der Waals surface area (Å²) < 4.78 is 13.4. The molecule has 0 radical (unpaired) electrons. The third-order valence-corrected chi connectivity index (χ3v) is 8.49. The summed E-state index contributed by atoms with van der Waals surface area (Å²) in [6, 6.07) is 20.3. The number of Topliss-reactive ketones (excluding diaryl/α,β-unsaturated/α-hetero) is 1. The Kier molecular flexibility index (Phi) is 7.34. The molecular formula is C31H27ClFN3OS. The fraction of sp³-hybridized carbons (Fsp3) is 0.226. The molecule has 1 heterocycles. The molecule has 7 heteroatoms. The molecule has 4 nitrogen and oxygen atoms in total. The first-order chi connectivity index (χ1) is 18.3. The molecule has 5 rings (SSSR count). The predicted octanol–water partition coefficient (Wildman–Crippen LogP) is 7.69. The summed E-state index contributed by atoms with van der Waals surface area (Å²) in [6.07, 6.45) is 1.85. The number of benzene rings is 3. The zero-order chi connectivity index (χ0) is 27.0. The molecule has 0 amide bonds. The quantitative estimate of drug-likeness (QED) is 0.334. The van der Waals surface area contributed by atoms with Gasteiger partial charge >= 0.3 is 0 Å². The van der Waals surface area contributed by atoms with Gasteiger partial charge in [-0.15, -0.1) is 11.8 Å². The van der Waals surface area contributed by atoms with Crippen molar-refractivity contribution in [1.29, 1.82) is 5.26 Å². The van der Waals surface area contributed by atoms with Crippen molar-refractivity contribution >= 4 is 34.8 Å². The standard InChI is InChI=1S/C31H27ClFN3OS/c1-18-13-20(17-38-24-11-9-22(33)10-12-24)19(2)25(14-18)29-26(16-34)31(35)36(23-6-3-5-21(32)15-23)27-7-4-8-28(37)30(27)29/h3,5-6,9-15,29H,4,7-8,17,35H2,1-2H3. The van der Waals surface area contributed by atoms with E-state index in [0.29, 0.717) is 40.6 Å². The molecular weight excluding hydrogens is 517 g/mol. The van der Waals surface area contributed by atoms with Crippen LogP contribution in [0, 0.1) is 31.0 Å². The Balaban J connectivity index is 1.63. The second-order valence-electron chi connectivity index (χ2n) is 9.68. The van der Waals surface area contributed by atoms with E-state index < -0.39 is 5.92 Å². The van der Waals surface area contributed by atoms with Gasteiger partial charge in [-0.1, -0.05) is 35.4 Å². The van der Waals surface area contributed by atoms with Crippen LogP contribution in [0.25, 0.3) is 0 Å². The normalized spacial score (nSPS) is 17.5. The molecule has 0 aromatic heterocycles. The number of carbonyl (C=O) groups is 1. The van der Waals surface area contributed by atoms with E-state index in [2.05, 4.69) is 18.2 Å². The van der Waals surface area contributed by atoms with E-state index in [1.54, 1.807) is 36.0 Å². The molecule has 0 saturated carbocycles. The van der Waals surface area contributed by atoms with Crippen LogP contribution in [0.1, 0.15) is 47.4 Å². The maximum atomic E-state index is 13.5. The lowest BCUT2D eigenvalue weighted by molar-refractivity contribution is -0.116. The van der Waals surface area contributed by atoms with Crippen LogP contribution in [0.15, 0.2) is 88.2 Å². The lowest BCUT2D eigenvalue weighted by Crippen LogP contribution is -2.39. The number of thioether (sulfide) groups is 1. The highest BCUT2D eigenvalue weighted by atomic mass is 35.5. The van der Waals surface area contributed by atoms with E-state index in [9.17, 15) is 14.4 Å². The fourth-order valence-corrected chi connectivity index (χ4v) is 6.55. The van der Waals surface area contributed by atoms with E-state index in [1.165, 1.54) is 12.1 Å². The number of allylic oxidation sites excluding steroid dienone is 3. The van der Waals surface area contributed by atoms with Crippen molar-refractivity contribution in [2.75, 3.05) is 4.90 Å². The van der Waals surface area contributed by atoms with Crippen LogP contribution < -0.4 is 10.6 Å². The molecule has 1 atom stereocenters. The number of nitrogens with zero attached hydrogens (tertiary/aromatic N) is 2. The molecule has 3 aromatic carbocycles. The number of aryl methyl sites for hydroxylation is 1. The summed E-state index contributed by atoms with van der Waals surface area (Å²) in [5.74, 6) is 0.256. The molecule has 192 valence electrons. The Hall–Kier alpha value is -3.53. The first-order valence-electron chi connectivity index (χ1n) is 12.5. The van der Waals surface area contributed by atoms with Gasteiger partial charge in [0.1, 0.15) is 11.6 Å². The topological polar surface area (TPSA) is 70.1 Å². The van der Waals surface area contributed by atoms with Gasteiger partial charge in [-0.05, 0) is 85.8 Å². The van der Waals surface area contributed by atoms with E-state index in [-0.39, 0.29) is 11.6 Å². The van der Waals surface area contributed by atoms with Gasteiger partial charge in [0.25, 0.3) is 0 Å². The first-order valence-corrected chi connectivity index (χ1v) is 13.8. The average Bonchev–Trinajstić information content (AvgIpc) is 2.89. The van der Waals surface area contributed by atoms with Crippen LogP contribution in [0.5, 0.6) is 0 Å². The highest BCUT2D eigenvalue weighted by Crippen LogP contribution is 2.47. The number of anilines is 1. The lowest BCUT2D eigenvalue weighted by Gasteiger charge is -2.40. The third-order valence-electron chi connectivity index (χ3n) is 7.20. The highest BCUT2D eigenvalue weighted by Gasteiger charge is 2.41. The second-order valence-corrected chi connectivity index (χ2v) is 11.2. The molecule has 1 unspecified atom stereocenters. The maximum Gasteiger partial charge on any atom is 0.161 e. The van der Waals surface area contributed by atoms with Crippen molar-refractivity contribution in [2.24, 2.45) is 5.73 Å². The largest absolute Gasteiger partial charge is 0.384 e. The Labute approximate surface area is 231 Å². The van der Waals surface area contributed by atoms with Crippen LogP contribution in [-0.4, -0.2) is 5.78 Å².